The maximum Gasteiger partial charge on any atom is 0.221 e. The molecule has 0 aliphatic carbocycles. The molecule has 1 aromatic carbocycles. The van der Waals surface area contributed by atoms with Gasteiger partial charge in [-0.3, -0.25) is 4.79 Å². The van der Waals surface area contributed by atoms with E-state index in [-0.39, 0.29) is 17.2 Å². The first-order valence-corrected chi connectivity index (χ1v) is 6.65. The molecule has 0 aromatic heterocycles. The van der Waals surface area contributed by atoms with Crippen molar-refractivity contribution < 1.29 is 9.90 Å². The van der Waals surface area contributed by atoms with Crippen molar-refractivity contribution in [1.29, 1.82) is 0 Å². The lowest BCUT2D eigenvalue weighted by Gasteiger charge is -2.20. The highest BCUT2D eigenvalue weighted by molar-refractivity contribution is 6.32. The van der Waals surface area contributed by atoms with Gasteiger partial charge in [0.15, 0.2) is 0 Å². The van der Waals surface area contributed by atoms with E-state index >= 15 is 0 Å². The van der Waals surface area contributed by atoms with Crippen molar-refractivity contribution in [2.45, 2.75) is 39.3 Å². The molecule has 0 atom stereocenters. The first-order chi connectivity index (χ1) is 8.79. The molecule has 4 nitrogen and oxygen atoms in total. The van der Waals surface area contributed by atoms with Crippen LogP contribution in [0, 0.1) is 0 Å². The average molecular weight is 285 g/mol. The van der Waals surface area contributed by atoms with Crippen LogP contribution < -0.4 is 10.6 Å². The average Bonchev–Trinajstić information content (AvgIpc) is 2.27. The van der Waals surface area contributed by atoms with Crippen LogP contribution in [0.5, 0.6) is 5.75 Å². The monoisotopic (exact) mass is 284 g/mol. The van der Waals surface area contributed by atoms with Gasteiger partial charge in [-0.15, -0.1) is 0 Å². The highest BCUT2D eigenvalue weighted by atomic mass is 35.5. The number of hydrogen-bond acceptors (Lipinski definition) is 3. The molecular weight excluding hydrogens is 264 g/mol. The zero-order valence-corrected chi connectivity index (χ0v) is 12.3. The molecular formula is C14H21ClN2O2. The van der Waals surface area contributed by atoms with Gasteiger partial charge < -0.3 is 15.7 Å². The van der Waals surface area contributed by atoms with Gasteiger partial charge in [0.1, 0.15) is 5.75 Å². The standard InChI is InChI=1S/C14H21ClN2O2/c1-14(2,3)17-12(18)7-8-16-9-10-5-4-6-11(15)13(10)19/h4-6,16,19H,7-9H2,1-3H3,(H,17,18). The summed E-state index contributed by atoms with van der Waals surface area (Å²) in [6.07, 6.45) is 0.401. The lowest BCUT2D eigenvalue weighted by Crippen LogP contribution is -2.41. The van der Waals surface area contributed by atoms with Crippen LogP contribution in [-0.4, -0.2) is 23.1 Å². The Morgan fingerprint density at radius 1 is 1.37 bits per heavy atom. The topological polar surface area (TPSA) is 61.4 Å². The third-order valence-electron chi connectivity index (χ3n) is 2.43. The van der Waals surface area contributed by atoms with Crippen LogP contribution in [0.4, 0.5) is 0 Å². The Hall–Kier alpha value is -1.26. The van der Waals surface area contributed by atoms with Gasteiger partial charge in [-0.25, -0.2) is 0 Å². The predicted octanol–water partition coefficient (Wildman–Crippen LogP) is 2.44. The van der Waals surface area contributed by atoms with Crippen molar-refractivity contribution >= 4 is 17.5 Å². The van der Waals surface area contributed by atoms with E-state index in [4.69, 9.17) is 11.6 Å². The van der Waals surface area contributed by atoms with Crippen molar-refractivity contribution in [2.75, 3.05) is 6.54 Å². The largest absolute Gasteiger partial charge is 0.506 e. The highest BCUT2D eigenvalue weighted by Gasteiger charge is 2.13. The van der Waals surface area contributed by atoms with E-state index in [1.165, 1.54) is 0 Å². The Kier molecular flexibility index (Phi) is 5.63. The second-order valence-corrected chi connectivity index (χ2v) is 5.88. The summed E-state index contributed by atoms with van der Waals surface area (Å²) >= 11 is 5.81. The summed E-state index contributed by atoms with van der Waals surface area (Å²) in [5.41, 5.74) is 0.520. The maximum absolute atomic E-state index is 11.6. The fraction of sp³-hybridized carbons (Fsp3) is 0.500. The molecule has 5 heteroatoms. The van der Waals surface area contributed by atoms with Crippen LogP contribution >= 0.6 is 11.6 Å². The molecule has 0 saturated heterocycles. The van der Waals surface area contributed by atoms with Gasteiger partial charge in [0, 0.05) is 30.6 Å². The van der Waals surface area contributed by atoms with Gasteiger partial charge in [0.2, 0.25) is 5.91 Å². The van der Waals surface area contributed by atoms with Gasteiger partial charge in [-0.1, -0.05) is 23.7 Å². The van der Waals surface area contributed by atoms with E-state index in [9.17, 15) is 9.90 Å². The minimum atomic E-state index is -0.206. The smallest absolute Gasteiger partial charge is 0.221 e. The molecule has 0 unspecified atom stereocenters. The molecule has 0 spiro atoms. The molecule has 0 saturated carbocycles. The predicted molar refractivity (Wildman–Crippen MR) is 77.3 cm³/mol. The number of phenolic OH excluding ortho intramolecular Hbond substituents is 1. The van der Waals surface area contributed by atoms with E-state index in [1.807, 2.05) is 20.8 Å². The summed E-state index contributed by atoms with van der Waals surface area (Å²) in [5.74, 6) is 0.103. The minimum Gasteiger partial charge on any atom is -0.506 e. The molecule has 1 rings (SSSR count). The van der Waals surface area contributed by atoms with E-state index in [0.717, 1.165) is 5.56 Å². The fourth-order valence-electron chi connectivity index (χ4n) is 1.61. The summed E-state index contributed by atoms with van der Waals surface area (Å²) in [4.78, 5) is 11.6. The number of amides is 1. The quantitative estimate of drug-likeness (QED) is 0.728. The van der Waals surface area contributed by atoms with Crippen molar-refractivity contribution in [2.24, 2.45) is 0 Å². The van der Waals surface area contributed by atoms with Crippen molar-refractivity contribution in [3.63, 3.8) is 0 Å². The first-order valence-electron chi connectivity index (χ1n) is 6.27. The zero-order chi connectivity index (χ0) is 14.5. The van der Waals surface area contributed by atoms with Crippen LogP contribution in [0.1, 0.15) is 32.8 Å². The first kappa shape index (κ1) is 15.8. The number of benzene rings is 1. The number of aromatic hydroxyl groups is 1. The normalized spacial score (nSPS) is 11.4. The van der Waals surface area contributed by atoms with Crippen molar-refractivity contribution in [3.05, 3.63) is 28.8 Å². The Morgan fingerprint density at radius 3 is 2.68 bits per heavy atom. The fourth-order valence-corrected chi connectivity index (χ4v) is 1.80. The summed E-state index contributed by atoms with van der Waals surface area (Å²) in [6.45, 7) is 6.87. The van der Waals surface area contributed by atoms with Gasteiger partial charge in [0.05, 0.1) is 5.02 Å². The van der Waals surface area contributed by atoms with E-state index in [2.05, 4.69) is 10.6 Å². The Balaban J connectivity index is 2.32. The second-order valence-electron chi connectivity index (χ2n) is 5.47. The van der Waals surface area contributed by atoms with Crippen molar-refractivity contribution in [3.8, 4) is 5.75 Å². The summed E-state index contributed by atoms with van der Waals surface area (Å²) in [7, 11) is 0. The van der Waals surface area contributed by atoms with Crippen LogP contribution in [0.2, 0.25) is 5.02 Å². The third kappa shape index (κ3) is 5.94. The molecule has 0 bridgehead atoms. The van der Waals surface area contributed by atoms with Gasteiger partial charge in [-0.05, 0) is 26.8 Å². The van der Waals surface area contributed by atoms with E-state index in [0.29, 0.717) is 24.5 Å². The minimum absolute atomic E-state index is 0.00955. The van der Waals surface area contributed by atoms with Gasteiger partial charge in [0.25, 0.3) is 0 Å². The lowest BCUT2D eigenvalue weighted by atomic mass is 10.1. The number of hydrogen-bond donors (Lipinski definition) is 3. The van der Waals surface area contributed by atoms with Crippen LogP contribution in [0.25, 0.3) is 0 Å². The Labute approximate surface area is 119 Å². The zero-order valence-electron chi connectivity index (χ0n) is 11.6. The summed E-state index contributed by atoms with van der Waals surface area (Å²) < 4.78 is 0. The Bertz CT molecular complexity index is 442. The molecule has 3 N–H and O–H groups in total. The highest BCUT2D eigenvalue weighted by Crippen LogP contribution is 2.26. The Morgan fingerprint density at radius 2 is 2.05 bits per heavy atom. The number of halogens is 1. The number of para-hydroxylation sites is 1. The number of rotatable bonds is 5. The van der Waals surface area contributed by atoms with Crippen LogP contribution in [-0.2, 0) is 11.3 Å². The van der Waals surface area contributed by atoms with Gasteiger partial charge in [-0.2, -0.15) is 0 Å². The summed E-state index contributed by atoms with van der Waals surface area (Å²) in [5, 5.41) is 16.0. The third-order valence-corrected chi connectivity index (χ3v) is 2.73. The molecule has 0 aliphatic rings. The van der Waals surface area contributed by atoms with Crippen LogP contribution in [0.15, 0.2) is 18.2 Å². The van der Waals surface area contributed by atoms with E-state index in [1.54, 1.807) is 18.2 Å². The molecule has 106 valence electrons. The number of carbonyl (C=O) groups excluding carboxylic acids is 1. The van der Waals surface area contributed by atoms with Crippen molar-refractivity contribution in [1.82, 2.24) is 10.6 Å². The second kappa shape index (κ2) is 6.78. The lowest BCUT2D eigenvalue weighted by molar-refractivity contribution is -0.122. The maximum atomic E-state index is 11.6. The molecule has 1 amide bonds. The van der Waals surface area contributed by atoms with Crippen LogP contribution in [0.3, 0.4) is 0 Å². The molecule has 0 aliphatic heterocycles. The van der Waals surface area contributed by atoms with Gasteiger partial charge >= 0.3 is 0 Å². The molecule has 0 fully saturated rings. The molecule has 0 radical (unpaired) electrons. The molecule has 0 heterocycles. The molecule has 19 heavy (non-hydrogen) atoms. The van der Waals surface area contributed by atoms with E-state index < -0.39 is 0 Å². The number of carbonyl (C=O) groups is 1. The summed E-state index contributed by atoms with van der Waals surface area (Å²) in [6, 6.07) is 5.21. The molecule has 1 aromatic rings. The number of phenols is 1. The number of nitrogens with one attached hydrogen (secondary N) is 2. The SMILES string of the molecule is CC(C)(C)NC(=O)CCNCc1cccc(Cl)c1O.